The number of hydrogen-bond acceptors (Lipinski definition) is 4. The van der Waals surface area contributed by atoms with Crippen LogP contribution in [0, 0.1) is 12.7 Å². The monoisotopic (exact) mass is 372 g/mol. The van der Waals surface area contributed by atoms with E-state index in [0.29, 0.717) is 22.8 Å². The van der Waals surface area contributed by atoms with Gasteiger partial charge in [0, 0.05) is 17.9 Å². The van der Waals surface area contributed by atoms with E-state index in [-0.39, 0.29) is 5.82 Å². The molecule has 3 aromatic carbocycles. The van der Waals surface area contributed by atoms with Crippen LogP contribution in [0.5, 0.6) is 5.75 Å². The summed E-state index contributed by atoms with van der Waals surface area (Å²) in [5.74, 6) is 0.144. The average molecular weight is 372 g/mol. The number of carbonyl (C=O) groups is 1. The first-order chi connectivity index (χ1) is 13.5. The molecule has 0 amide bonds. The second-order valence-electron chi connectivity index (χ2n) is 6.46. The number of aryl methyl sites for hydroxylation is 1. The number of nitrogens with zero attached hydrogens (tertiary/aromatic N) is 2. The summed E-state index contributed by atoms with van der Waals surface area (Å²) in [6.07, 6.45) is 0. The van der Waals surface area contributed by atoms with Gasteiger partial charge in [0.05, 0.1) is 16.8 Å². The van der Waals surface area contributed by atoms with E-state index < -0.39 is 5.97 Å². The zero-order valence-corrected chi connectivity index (χ0v) is 15.4. The molecule has 0 saturated heterocycles. The van der Waals surface area contributed by atoms with Crippen LogP contribution in [0.15, 0.2) is 66.7 Å². The number of rotatable bonds is 3. The quantitative estimate of drug-likeness (QED) is 0.360. The number of aromatic nitrogens is 2. The molecular weight excluding hydrogens is 355 g/mol. The van der Waals surface area contributed by atoms with E-state index in [9.17, 15) is 9.18 Å². The van der Waals surface area contributed by atoms with Crippen LogP contribution in [0.25, 0.3) is 33.5 Å². The molecular formula is C23H17FN2O2. The summed E-state index contributed by atoms with van der Waals surface area (Å²) < 4.78 is 18.8. The maximum Gasteiger partial charge on any atom is 0.308 e. The molecule has 138 valence electrons. The Balaban J connectivity index is 2.00. The fourth-order valence-electron chi connectivity index (χ4n) is 3.18. The third kappa shape index (κ3) is 3.34. The zero-order valence-electron chi connectivity index (χ0n) is 15.4. The van der Waals surface area contributed by atoms with Gasteiger partial charge in [-0.2, -0.15) is 0 Å². The van der Waals surface area contributed by atoms with Crippen molar-refractivity contribution in [3.63, 3.8) is 0 Å². The van der Waals surface area contributed by atoms with Crippen LogP contribution in [-0.4, -0.2) is 15.9 Å². The Kier molecular flexibility index (Phi) is 4.57. The smallest absolute Gasteiger partial charge is 0.308 e. The molecule has 1 aromatic heterocycles. The lowest BCUT2D eigenvalue weighted by atomic mass is 10.0. The van der Waals surface area contributed by atoms with Gasteiger partial charge >= 0.3 is 5.97 Å². The van der Waals surface area contributed by atoms with E-state index in [1.54, 1.807) is 18.2 Å². The van der Waals surface area contributed by atoms with Gasteiger partial charge in [0.25, 0.3) is 0 Å². The Labute approximate surface area is 161 Å². The standard InChI is InChI=1S/C23H17FN2O2/c1-14-6-5-9-20(28-15(2)27)21(14)23-25-19-8-4-3-7-18(19)22(26-23)16-10-12-17(24)13-11-16/h3-13H,1-2H3. The third-order valence-electron chi connectivity index (χ3n) is 4.43. The maximum atomic E-state index is 13.4. The number of fused-ring (bicyclic) bond motifs is 1. The minimum absolute atomic E-state index is 0.307. The molecule has 0 atom stereocenters. The normalized spacial score (nSPS) is 10.8. The van der Waals surface area contributed by atoms with Crippen molar-refractivity contribution >= 4 is 16.9 Å². The van der Waals surface area contributed by atoms with Crippen molar-refractivity contribution in [3.05, 3.63) is 78.1 Å². The van der Waals surface area contributed by atoms with Crippen molar-refractivity contribution in [2.45, 2.75) is 13.8 Å². The van der Waals surface area contributed by atoms with Gasteiger partial charge in [-0.1, -0.05) is 30.3 Å². The molecule has 0 aliphatic heterocycles. The zero-order chi connectivity index (χ0) is 19.7. The third-order valence-corrected chi connectivity index (χ3v) is 4.43. The summed E-state index contributed by atoms with van der Waals surface area (Å²) in [4.78, 5) is 21.0. The number of hydrogen-bond donors (Lipinski definition) is 0. The van der Waals surface area contributed by atoms with E-state index in [2.05, 4.69) is 0 Å². The molecule has 0 fully saturated rings. The van der Waals surface area contributed by atoms with E-state index in [1.165, 1.54) is 19.1 Å². The van der Waals surface area contributed by atoms with Gasteiger partial charge < -0.3 is 4.74 Å². The van der Waals surface area contributed by atoms with Crippen molar-refractivity contribution in [1.82, 2.24) is 9.97 Å². The van der Waals surface area contributed by atoms with Crippen LogP contribution >= 0.6 is 0 Å². The summed E-state index contributed by atoms with van der Waals surface area (Å²) in [6.45, 7) is 3.27. The van der Waals surface area contributed by atoms with Gasteiger partial charge in [-0.3, -0.25) is 4.79 Å². The summed E-state index contributed by atoms with van der Waals surface area (Å²) >= 11 is 0. The van der Waals surface area contributed by atoms with Crippen molar-refractivity contribution in [1.29, 1.82) is 0 Å². The first-order valence-electron chi connectivity index (χ1n) is 8.84. The highest BCUT2D eigenvalue weighted by Gasteiger charge is 2.17. The molecule has 0 radical (unpaired) electrons. The van der Waals surface area contributed by atoms with E-state index >= 15 is 0 Å². The molecule has 4 rings (SSSR count). The van der Waals surface area contributed by atoms with Crippen LogP contribution in [0.1, 0.15) is 12.5 Å². The largest absolute Gasteiger partial charge is 0.426 e. The number of benzene rings is 3. The van der Waals surface area contributed by atoms with Crippen molar-refractivity contribution < 1.29 is 13.9 Å². The van der Waals surface area contributed by atoms with Gasteiger partial charge in [0.2, 0.25) is 0 Å². The predicted octanol–water partition coefficient (Wildman–Crippen LogP) is 5.34. The summed E-state index contributed by atoms with van der Waals surface area (Å²) in [5.41, 5.74) is 3.77. The molecule has 1 heterocycles. The molecule has 28 heavy (non-hydrogen) atoms. The molecule has 0 aliphatic rings. The first kappa shape index (κ1) is 17.8. The molecule has 4 nitrogen and oxygen atoms in total. The Morgan fingerprint density at radius 1 is 0.929 bits per heavy atom. The molecule has 5 heteroatoms. The van der Waals surface area contributed by atoms with Gasteiger partial charge in [0.15, 0.2) is 5.82 Å². The summed E-state index contributed by atoms with van der Waals surface area (Å²) in [6, 6.07) is 19.3. The predicted molar refractivity (Wildman–Crippen MR) is 106 cm³/mol. The van der Waals surface area contributed by atoms with E-state index in [0.717, 1.165) is 22.0 Å². The van der Waals surface area contributed by atoms with Crippen molar-refractivity contribution in [2.75, 3.05) is 0 Å². The van der Waals surface area contributed by atoms with Crippen LogP contribution in [-0.2, 0) is 4.79 Å². The minimum atomic E-state index is -0.411. The molecule has 0 unspecified atom stereocenters. The topological polar surface area (TPSA) is 52.1 Å². The lowest BCUT2D eigenvalue weighted by molar-refractivity contribution is -0.131. The summed E-state index contributed by atoms with van der Waals surface area (Å²) in [7, 11) is 0. The van der Waals surface area contributed by atoms with Crippen LogP contribution in [0.4, 0.5) is 4.39 Å². The van der Waals surface area contributed by atoms with Crippen molar-refractivity contribution in [2.24, 2.45) is 0 Å². The Morgan fingerprint density at radius 3 is 2.43 bits per heavy atom. The number of halogens is 1. The average Bonchev–Trinajstić information content (AvgIpc) is 2.67. The van der Waals surface area contributed by atoms with Crippen molar-refractivity contribution in [3.8, 4) is 28.4 Å². The second-order valence-corrected chi connectivity index (χ2v) is 6.46. The van der Waals surface area contributed by atoms with Gasteiger partial charge in [-0.05, 0) is 48.9 Å². The Morgan fingerprint density at radius 2 is 1.68 bits per heavy atom. The number of carbonyl (C=O) groups excluding carboxylic acids is 1. The fraction of sp³-hybridized carbons (Fsp3) is 0.0870. The summed E-state index contributed by atoms with van der Waals surface area (Å²) in [5, 5.41) is 0.862. The SMILES string of the molecule is CC(=O)Oc1cccc(C)c1-c1nc(-c2ccc(F)cc2)c2ccccc2n1. The highest BCUT2D eigenvalue weighted by molar-refractivity contribution is 5.94. The maximum absolute atomic E-state index is 13.4. The van der Waals surface area contributed by atoms with Gasteiger partial charge in [-0.15, -0.1) is 0 Å². The number of para-hydroxylation sites is 1. The molecule has 0 aliphatic carbocycles. The lowest BCUT2D eigenvalue weighted by Crippen LogP contribution is -2.05. The van der Waals surface area contributed by atoms with Crippen LogP contribution < -0.4 is 4.74 Å². The highest BCUT2D eigenvalue weighted by Crippen LogP contribution is 2.35. The highest BCUT2D eigenvalue weighted by atomic mass is 19.1. The van der Waals surface area contributed by atoms with Crippen LogP contribution in [0.3, 0.4) is 0 Å². The fourth-order valence-corrected chi connectivity index (χ4v) is 3.18. The number of esters is 1. The molecule has 0 N–H and O–H groups in total. The molecule has 0 spiro atoms. The molecule has 0 bridgehead atoms. The van der Waals surface area contributed by atoms with E-state index in [1.807, 2.05) is 43.3 Å². The Hall–Kier alpha value is -3.60. The van der Waals surface area contributed by atoms with Gasteiger partial charge in [-0.25, -0.2) is 14.4 Å². The molecule has 4 aromatic rings. The van der Waals surface area contributed by atoms with Gasteiger partial charge in [0.1, 0.15) is 11.6 Å². The second kappa shape index (κ2) is 7.19. The number of ether oxygens (including phenoxy) is 1. The first-order valence-corrected chi connectivity index (χ1v) is 8.84. The van der Waals surface area contributed by atoms with E-state index in [4.69, 9.17) is 14.7 Å². The van der Waals surface area contributed by atoms with Crippen LogP contribution in [0.2, 0.25) is 0 Å². The minimum Gasteiger partial charge on any atom is -0.426 e. The molecule has 0 saturated carbocycles. The Bertz CT molecular complexity index is 1190. The lowest BCUT2D eigenvalue weighted by Gasteiger charge is -2.13.